The van der Waals surface area contributed by atoms with Gasteiger partial charge in [-0.2, -0.15) is 0 Å². The number of para-hydroxylation sites is 1. The molecule has 100 valence electrons. The Hall–Kier alpha value is -1.32. The summed E-state index contributed by atoms with van der Waals surface area (Å²) in [4.78, 5) is 0. The van der Waals surface area contributed by atoms with Gasteiger partial charge in [-0.3, -0.25) is 0 Å². The van der Waals surface area contributed by atoms with Crippen molar-refractivity contribution < 1.29 is 4.74 Å². The number of likely N-dealkylation sites (N-methyl/N-ethyl adjacent to an activating group) is 1. The molecule has 0 spiro atoms. The first-order valence-corrected chi connectivity index (χ1v) is 7.27. The predicted octanol–water partition coefficient (Wildman–Crippen LogP) is 4.18. The van der Waals surface area contributed by atoms with Crippen LogP contribution in [0.2, 0.25) is 0 Å². The number of hydrogen-bond acceptors (Lipinski definition) is 2. The van der Waals surface area contributed by atoms with Crippen LogP contribution in [0, 0.1) is 0 Å². The Morgan fingerprint density at radius 3 is 2.42 bits per heavy atom. The topological polar surface area (TPSA) is 21.3 Å². The molecule has 19 heavy (non-hydrogen) atoms. The van der Waals surface area contributed by atoms with Crippen LogP contribution in [-0.4, -0.2) is 13.1 Å². The molecule has 3 heteroatoms. The number of rotatable bonds is 6. The molecular weight excluding hydrogens is 302 g/mol. The van der Waals surface area contributed by atoms with E-state index in [4.69, 9.17) is 4.74 Å². The lowest BCUT2D eigenvalue weighted by molar-refractivity contribution is 0.201. The third kappa shape index (κ3) is 4.08. The summed E-state index contributed by atoms with van der Waals surface area (Å²) in [5.74, 6) is 0.870. The summed E-state index contributed by atoms with van der Waals surface area (Å²) < 4.78 is 7.10. The number of hydrogen-bond donors (Lipinski definition) is 1. The molecule has 2 aromatic carbocycles. The SMILES string of the molecule is CCNCC(Oc1ccccc1Br)c1ccccc1. The highest BCUT2D eigenvalue weighted by Gasteiger charge is 2.13. The van der Waals surface area contributed by atoms with Crippen molar-refractivity contribution >= 4 is 15.9 Å². The summed E-state index contributed by atoms with van der Waals surface area (Å²) in [5, 5.41) is 3.35. The van der Waals surface area contributed by atoms with Crippen LogP contribution in [0.5, 0.6) is 5.75 Å². The standard InChI is InChI=1S/C16H18BrNO/c1-2-18-12-16(13-8-4-3-5-9-13)19-15-11-7-6-10-14(15)17/h3-11,16,18H,2,12H2,1H3. The fourth-order valence-electron chi connectivity index (χ4n) is 1.86. The average Bonchev–Trinajstić information content (AvgIpc) is 2.46. The first kappa shape index (κ1) is 14.1. The molecule has 0 saturated heterocycles. The van der Waals surface area contributed by atoms with E-state index in [0.29, 0.717) is 0 Å². The zero-order chi connectivity index (χ0) is 13.5. The van der Waals surface area contributed by atoms with Gasteiger partial charge in [0.15, 0.2) is 0 Å². The van der Waals surface area contributed by atoms with E-state index in [0.717, 1.165) is 23.3 Å². The fraction of sp³-hybridized carbons (Fsp3) is 0.250. The molecule has 0 aromatic heterocycles. The van der Waals surface area contributed by atoms with E-state index in [2.05, 4.69) is 40.3 Å². The van der Waals surface area contributed by atoms with E-state index < -0.39 is 0 Å². The van der Waals surface area contributed by atoms with Crippen molar-refractivity contribution in [3.05, 3.63) is 64.6 Å². The number of nitrogens with one attached hydrogen (secondary N) is 1. The van der Waals surface area contributed by atoms with E-state index in [1.54, 1.807) is 0 Å². The molecular formula is C16H18BrNO. The fourth-order valence-corrected chi connectivity index (χ4v) is 2.24. The van der Waals surface area contributed by atoms with Gasteiger partial charge in [0.25, 0.3) is 0 Å². The normalized spacial score (nSPS) is 12.1. The summed E-state index contributed by atoms with van der Waals surface area (Å²) in [6.07, 6.45) is 0.0137. The van der Waals surface area contributed by atoms with Crippen LogP contribution in [0.3, 0.4) is 0 Å². The number of halogens is 1. The monoisotopic (exact) mass is 319 g/mol. The maximum absolute atomic E-state index is 6.12. The van der Waals surface area contributed by atoms with Crippen molar-refractivity contribution in [2.45, 2.75) is 13.0 Å². The average molecular weight is 320 g/mol. The van der Waals surface area contributed by atoms with Crippen LogP contribution in [0.25, 0.3) is 0 Å². The second-order valence-corrected chi connectivity index (χ2v) is 5.11. The molecule has 2 aromatic rings. The molecule has 1 N–H and O–H groups in total. The van der Waals surface area contributed by atoms with Crippen molar-refractivity contribution in [2.24, 2.45) is 0 Å². The Bertz CT molecular complexity index is 501. The minimum absolute atomic E-state index is 0.0137. The molecule has 0 heterocycles. The van der Waals surface area contributed by atoms with Crippen molar-refractivity contribution in [3.63, 3.8) is 0 Å². The maximum atomic E-state index is 6.12. The minimum Gasteiger partial charge on any atom is -0.483 e. The van der Waals surface area contributed by atoms with Crippen LogP contribution in [0.1, 0.15) is 18.6 Å². The molecule has 0 fully saturated rings. The van der Waals surface area contributed by atoms with Gasteiger partial charge in [-0.15, -0.1) is 0 Å². The van der Waals surface area contributed by atoms with Crippen LogP contribution < -0.4 is 10.1 Å². The molecule has 0 aliphatic rings. The Morgan fingerprint density at radius 1 is 1.05 bits per heavy atom. The maximum Gasteiger partial charge on any atom is 0.136 e. The van der Waals surface area contributed by atoms with Gasteiger partial charge in [-0.05, 0) is 40.2 Å². The van der Waals surface area contributed by atoms with Gasteiger partial charge >= 0.3 is 0 Å². The van der Waals surface area contributed by atoms with E-state index in [9.17, 15) is 0 Å². The Morgan fingerprint density at radius 2 is 1.74 bits per heavy atom. The molecule has 2 rings (SSSR count). The minimum atomic E-state index is 0.0137. The van der Waals surface area contributed by atoms with E-state index in [-0.39, 0.29) is 6.10 Å². The molecule has 0 aliphatic carbocycles. The van der Waals surface area contributed by atoms with Crippen molar-refractivity contribution in [2.75, 3.05) is 13.1 Å². The number of ether oxygens (including phenoxy) is 1. The lowest BCUT2D eigenvalue weighted by atomic mass is 10.1. The number of benzene rings is 2. The lowest BCUT2D eigenvalue weighted by Gasteiger charge is -2.20. The molecule has 1 unspecified atom stereocenters. The van der Waals surface area contributed by atoms with Crippen molar-refractivity contribution in [3.8, 4) is 5.75 Å². The smallest absolute Gasteiger partial charge is 0.136 e. The molecule has 0 aliphatic heterocycles. The quantitative estimate of drug-likeness (QED) is 0.862. The highest BCUT2D eigenvalue weighted by molar-refractivity contribution is 9.10. The molecule has 0 saturated carbocycles. The third-order valence-corrected chi connectivity index (χ3v) is 3.51. The molecule has 0 amide bonds. The Labute approximate surface area is 122 Å². The zero-order valence-corrected chi connectivity index (χ0v) is 12.6. The van der Waals surface area contributed by atoms with E-state index in [1.165, 1.54) is 5.56 Å². The second kappa shape index (κ2) is 7.31. The van der Waals surface area contributed by atoms with E-state index in [1.807, 2.05) is 42.5 Å². The summed E-state index contributed by atoms with van der Waals surface area (Å²) in [7, 11) is 0. The van der Waals surface area contributed by atoms with Gasteiger partial charge in [0.05, 0.1) is 4.47 Å². The van der Waals surface area contributed by atoms with Crippen LogP contribution >= 0.6 is 15.9 Å². The highest BCUT2D eigenvalue weighted by Crippen LogP contribution is 2.28. The molecule has 0 radical (unpaired) electrons. The van der Waals surface area contributed by atoms with Crippen molar-refractivity contribution in [1.82, 2.24) is 5.32 Å². The summed E-state index contributed by atoms with van der Waals surface area (Å²) in [5.41, 5.74) is 1.18. The lowest BCUT2D eigenvalue weighted by Crippen LogP contribution is -2.25. The van der Waals surface area contributed by atoms with Crippen LogP contribution in [0.4, 0.5) is 0 Å². The van der Waals surface area contributed by atoms with Crippen LogP contribution in [-0.2, 0) is 0 Å². The largest absolute Gasteiger partial charge is 0.483 e. The predicted molar refractivity (Wildman–Crippen MR) is 82.5 cm³/mol. The molecule has 1 atom stereocenters. The third-order valence-electron chi connectivity index (χ3n) is 2.86. The Balaban J connectivity index is 2.17. The van der Waals surface area contributed by atoms with E-state index >= 15 is 0 Å². The highest BCUT2D eigenvalue weighted by atomic mass is 79.9. The van der Waals surface area contributed by atoms with Gasteiger partial charge in [0.1, 0.15) is 11.9 Å². The van der Waals surface area contributed by atoms with Crippen molar-refractivity contribution in [1.29, 1.82) is 0 Å². The van der Waals surface area contributed by atoms with Gasteiger partial charge in [0.2, 0.25) is 0 Å². The first-order chi connectivity index (χ1) is 9.31. The van der Waals surface area contributed by atoms with Gasteiger partial charge in [-0.25, -0.2) is 0 Å². The zero-order valence-electron chi connectivity index (χ0n) is 11.0. The van der Waals surface area contributed by atoms with Gasteiger partial charge < -0.3 is 10.1 Å². The summed E-state index contributed by atoms with van der Waals surface area (Å²) >= 11 is 3.52. The molecule has 2 nitrogen and oxygen atoms in total. The van der Waals surface area contributed by atoms with Gasteiger partial charge in [0, 0.05) is 6.54 Å². The van der Waals surface area contributed by atoms with Gasteiger partial charge in [-0.1, -0.05) is 49.4 Å². The first-order valence-electron chi connectivity index (χ1n) is 6.48. The van der Waals surface area contributed by atoms with Crippen LogP contribution in [0.15, 0.2) is 59.1 Å². The second-order valence-electron chi connectivity index (χ2n) is 4.26. The Kier molecular flexibility index (Phi) is 5.43. The summed E-state index contributed by atoms with van der Waals surface area (Å²) in [6, 6.07) is 18.2. The molecule has 0 bridgehead atoms. The summed E-state index contributed by atoms with van der Waals surface area (Å²) in [6.45, 7) is 3.82.